The van der Waals surface area contributed by atoms with E-state index in [1.807, 2.05) is 18.0 Å². The minimum atomic E-state index is -0.388. The minimum absolute atomic E-state index is 0.0387. The number of aromatic nitrogens is 2. The van der Waals surface area contributed by atoms with Crippen molar-refractivity contribution in [3.63, 3.8) is 0 Å². The highest BCUT2D eigenvalue weighted by atomic mass is 35.5. The zero-order valence-corrected chi connectivity index (χ0v) is 15.5. The maximum Gasteiger partial charge on any atom is 0.227 e. The summed E-state index contributed by atoms with van der Waals surface area (Å²) in [7, 11) is 0. The fourth-order valence-electron chi connectivity index (χ4n) is 4.31. The van der Waals surface area contributed by atoms with Gasteiger partial charge in [0, 0.05) is 29.7 Å². The number of carbonyl (C=O) groups is 1. The topological polar surface area (TPSA) is 46.1 Å². The summed E-state index contributed by atoms with van der Waals surface area (Å²) in [6.07, 6.45) is 6.14. The Morgan fingerprint density at radius 2 is 2.23 bits per heavy atom. The van der Waals surface area contributed by atoms with E-state index in [2.05, 4.69) is 4.98 Å². The molecule has 0 saturated carbocycles. The Kier molecular flexibility index (Phi) is 4.43. The molecule has 4 rings (SSSR count). The van der Waals surface area contributed by atoms with E-state index in [9.17, 15) is 9.18 Å². The number of carbonyl (C=O) groups excluding carboxylic acids is 1. The van der Waals surface area contributed by atoms with Crippen molar-refractivity contribution in [3.05, 3.63) is 57.9 Å². The molecule has 4 nitrogen and oxygen atoms in total. The van der Waals surface area contributed by atoms with Crippen molar-refractivity contribution in [2.45, 2.75) is 44.4 Å². The van der Waals surface area contributed by atoms with Gasteiger partial charge in [-0.3, -0.25) is 4.79 Å². The fraction of sp³-hybridized carbons (Fsp3) is 0.450. The number of likely N-dealkylation sites (tertiary alicyclic amines) is 1. The molecule has 1 saturated heterocycles. The summed E-state index contributed by atoms with van der Waals surface area (Å²) >= 11 is 6.09. The fourth-order valence-corrected chi connectivity index (χ4v) is 4.55. The third-order valence-corrected chi connectivity index (χ3v) is 6.00. The van der Waals surface area contributed by atoms with Crippen molar-refractivity contribution in [2.75, 3.05) is 13.1 Å². The van der Waals surface area contributed by atoms with Crippen LogP contribution in [0.3, 0.4) is 0 Å². The van der Waals surface area contributed by atoms with Gasteiger partial charge in [-0.25, -0.2) is 14.4 Å². The molecular weight excluding hydrogens is 353 g/mol. The van der Waals surface area contributed by atoms with E-state index in [1.54, 1.807) is 6.07 Å². The molecule has 1 atom stereocenters. The van der Waals surface area contributed by atoms with Gasteiger partial charge in [0.2, 0.25) is 5.91 Å². The highest BCUT2D eigenvalue weighted by Gasteiger charge is 2.44. The van der Waals surface area contributed by atoms with E-state index in [1.165, 1.54) is 17.7 Å². The number of hydrogen-bond donors (Lipinski definition) is 0. The summed E-state index contributed by atoms with van der Waals surface area (Å²) < 4.78 is 13.2. The molecule has 0 N–H and O–H groups in total. The lowest BCUT2D eigenvalue weighted by Gasteiger charge is -2.40. The van der Waals surface area contributed by atoms with Crippen LogP contribution in [0.25, 0.3) is 0 Å². The van der Waals surface area contributed by atoms with Gasteiger partial charge in [0.1, 0.15) is 11.6 Å². The van der Waals surface area contributed by atoms with E-state index in [4.69, 9.17) is 16.6 Å². The standard InChI is InChI=1S/C20H21ClFN3O/c1-13-23-11-15-5-7-20(19(15)24-13)6-2-8-25(12-20)18(26)9-14-3-4-16(22)10-17(14)21/h3-4,10-11H,2,5-9,12H2,1H3. The molecule has 1 aliphatic carbocycles. The van der Waals surface area contributed by atoms with Crippen molar-refractivity contribution >= 4 is 17.5 Å². The molecule has 1 spiro atoms. The number of nitrogens with zero attached hydrogens (tertiary/aromatic N) is 3. The Morgan fingerprint density at radius 3 is 3.04 bits per heavy atom. The second-order valence-electron chi connectivity index (χ2n) is 7.40. The Labute approximate surface area is 157 Å². The molecule has 26 heavy (non-hydrogen) atoms. The molecule has 6 heteroatoms. The van der Waals surface area contributed by atoms with Crippen LogP contribution in [0.5, 0.6) is 0 Å². The lowest BCUT2D eigenvalue weighted by atomic mass is 9.77. The molecule has 1 fully saturated rings. The lowest BCUT2D eigenvalue weighted by Crippen LogP contribution is -2.48. The molecule has 2 heterocycles. The van der Waals surface area contributed by atoms with Crippen molar-refractivity contribution in [1.82, 2.24) is 14.9 Å². The molecule has 2 aliphatic rings. The van der Waals surface area contributed by atoms with Crippen LogP contribution in [0.1, 0.15) is 41.9 Å². The van der Waals surface area contributed by atoms with Gasteiger partial charge in [0.15, 0.2) is 0 Å². The number of amides is 1. The summed E-state index contributed by atoms with van der Waals surface area (Å²) in [6, 6.07) is 4.20. The molecule has 1 aliphatic heterocycles. The highest BCUT2D eigenvalue weighted by molar-refractivity contribution is 6.31. The van der Waals surface area contributed by atoms with Gasteiger partial charge in [0.25, 0.3) is 0 Å². The van der Waals surface area contributed by atoms with Crippen LogP contribution >= 0.6 is 11.6 Å². The zero-order valence-electron chi connectivity index (χ0n) is 14.8. The van der Waals surface area contributed by atoms with Gasteiger partial charge in [-0.05, 0) is 55.9 Å². The number of hydrogen-bond acceptors (Lipinski definition) is 3. The van der Waals surface area contributed by atoms with Gasteiger partial charge < -0.3 is 4.90 Å². The van der Waals surface area contributed by atoms with E-state index in [0.29, 0.717) is 17.1 Å². The van der Waals surface area contributed by atoms with Crippen molar-refractivity contribution in [3.8, 4) is 0 Å². The van der Waals surface area contributed by atoms with Gasteiger partial charge >= 0.3 is 0 Å². The number of fused-ring (bicyclic) bond motifs is 2. The number of halogens is 2. The minimum Gasteiger partial charge on any atom is -0.341 e. The van der Waals surface area contributed by atoms with Crippen LogP contribution in [-0.2, 0) is 23.1 Å². The van der Waals surface area contributed by atoms with Crippen LogP contribution in [0.15, 0.2) is 24.4 Å². The van der Waals surface area contributed by atoms with E-state index < -0.39 is 0 Å². The summed E-state index contributed by atoms with van der Waals surface area (Å²) in [5.74, 6) is 0.434. The number of rotatable bonds is 2. The smallest absolute Gasteiger partial charge is 0.227 e. The van der Waals surface area contributed by atoms with Crippen LogP contribution in [-0.4, -0.2) is 33.9 Å². The summed E-state index contributed by atoms with van der Waals surface area (Å²) in [6.45, 7) is 3.35. The van der Waals surface area contributed by atoms with E-state index in [-0.39, 0.29) is 23.6 Å². The molecule has 0 bridgehead atoms. The largest absolute Gasteiger partial charge is 0.341 e. The third kappa shape index (κ3) is 3.09. The lowest BCUT2D eigenvalue weighted by molar-refractivity contribution is -0.132. The van der Waals surface area contributed by atoms with Crippen molar-refractivity contribution in [1.29, 1.82) is 0 Å². The number of benzene rings is 1. The predicted octanol–water partition coefficient (Wildman–Crippen LogP) is 3.63. The average Bonchev–Trinajstić information content (AvgIpc) is 2.95. The quantitative estimate of drug-likeness (QED) is 0.807. The molecule has 1 unspecified atom stereocenters. The van der Waals surface area contributed by atoms with Crippen molar-refractivity contribution in [2.24, 2.45) is 0 Å². The first-order valence-electron chi connectivity index (χ1n) is 9.02. The normalized spacial score (nSPS) is 21.9. The van der Waals surface area contributed by atoms with Crippen LogP contribution in [0.2, 0.25) is 5.02 Å². The summed E-state index contributed by atoms with van der Waals surface area (Å²) in [4.78, 5) is 23.8. The zero-order chi connectivity index (χ0) is 18.3. The van der Waals surface area contributed by atoms with Crippen LogP contribution < -0.4 is 0 Å². The Hall–Kier alpha value is -2.01. The number of aryl methyl sites for hydroxylation is 2. The molecule has 1 aromatic heterocycles. The van der Waals surface area contributed by atoms with Gasteiger partial charge in [-0.1, -0.05) is 17.7 Å². The Bertz CT molecular complexity index is 868. The maximum absolute atomic E-state index is 13.2. The molecule has 136 valence electrons. The van der Waals surface area contributed by atoms with E-state index in [0.717, 1.165) is 43.7 Å². The maximum atomic E-state index is 13.2. The van der Waals surface area contributed by atoms with Gasteiger partial charge in [-0.15, -0.1) is 0 Å². The van der Waals surface area contributed by atoms with Gasteiger partial charge in [0.05, 0.1) is 12.1 Å². The molecular formula is C20H21ClFN3O. The highest BCUT2D eigenvalue weighted by Crippen LogP contribution is 2.43. The first-order chi connectivity index (χ1) is 12.5. The Morgan fingerprint density at radius 1 is 1.38 bits per heavy atom. The van der Waals surface area contributed by atoms with E-state index >= 15 is 0 Å². The molecule has 0 radical (unpaired) electrons. The first-order valence-corrected chi connectivity index (χ1v) is 9.39. The predicted molar refractivity (Wildman–Crippen MR) is 97.7 cm³/mol. The second-order valence-corrected chi connectivity index (χ2v) is 7.81. The number of piperidine rings is 1. The molecule has 1 amide bonds. The molecule has 1 aromatic carbocycles. The summed E-state index contributed by atoms with van der Waals surface area (Å²) in [5, 5.41) is 0.305. The first kappa shape index (κ1) is 17.4. The molecule has 2 aromatic rings. The average molecular weight is 374 g/mol. The van der Waals surface area contributed by atoms with Crippen LogP contribution in [0, 0.1) is 12.7 Å². The van der Waals surface area contributed by atoms with Crippen molar-refractivity contribution < 1.29 is 9.18 Å². The third-order valence-electron chi connectivity index (χ3n) is 5.65. The second kappa shape index (κ2) is 6.62. The monoisotopic (exact) mass is 373 g/mol. The van der Waals surface area contributed by atoms with Gasteiger partial charge in [-0.2, -0.15) is 0 Å². The SMILES string of the molecule is Cc1ncc2c(n1)C1(CCCN(C(=O)Cc3ccc(F)cc3Cl)C1)CC2. The van der Waals surface area contributed by atoms with Crippen LogP contribution in [0.4, 0.5) is 4.39 Å². The Balaban J connectivity index is 1.54. The summed E-state index contributed by atoms with van der Waals surface area (Å²) in [5.41, 5.74) is 2.96.